The van der Waals surface area contributed by atoms with Gasteiger partial charge in [-0.15, -0.1) is 11.3 Å². The van der Waals surface area contributed by atoms with Gasteiger partial charge in [0.15, 0.2) is 0 Å². The number of carbonyl (C=O) groups is 1. The minimum atomic E-state index is 0.153. The van der Waals surface area contributed by atoms with Crippen LogP contribution in [-0.4, -0.2) is 77.7 Å². The Morgan fingerprint density at radius 1 is 1.15 bits per heavy atom. The molecule has 2 aromatic rings. The summed E-state index contributed by atoms with van der Waals surface area (Å²) in [6.45, 7) is 8.33. The molecule has 2 aliphatic heterocycles. The SMILES string of the molecule is Cc1c(C(=O)N2CCC(N3CCOCC3)CC2)sc2ncnc(NC[C@H]3C[C@@H]4C=C[C@H]3C4)c12. The lowest BCUT2D eigenvalue weighted by Gasteiger charge is -2.40. The van der Waals surface area contributed by atoms with Gasteiger partial charge in [0.25, 0.3) is 5.91 Å². The maximum absolute atomic E-state index is 13.5. The molecule has 2 aromatic heterocycles. The van der Waals surface area contributed by atoms with E-state index in [0.717, 1.165) is 91.2 Å². The third kappa shape index (κ3) is 4.06. The molecule has 176 valence electrons. The molecule has 2 bridgehead atoms. The number of carbonyl (C=O) groups excluding carboxylic acids is 1. The number of morpholine rings is 1. The fraction of sp³-hybridized carbons (Fsp3) is 0.640. The van der Waals surface area contributed by atoms with Crippen LogP contribution in [-0.2, 0) is 4.74 Å². The van der Waals surface area contributed by atoms with Crippen molar-refractivity contribution in [2.45, 2.75) is 38.6 Å². The molecule has 33 heavy (non-hydrogen) atoms. The molecule has 0 unspecified atom stereocenters. The Bertz CT molecular complexity index is 1050. The maximum Gasteiger partial charge on any atom is 0.264 e. The molecule has 1 saturated carbocycles. The van der Waals surface area contributed by atoms with Gasteiger partial charge in [0, 0.05) is 38.8 Å². The monoisotopic (exact) mass is 467 g/mol. The molecule has 2 aliphatic carbocycles. The summed E-state index contributed by atoms with van der Waals surface area (Å²) in [6.07, 6.45) is 11.1. The summed E-state index contributed by atoms with van der Waals surface area (Å²) >= 11 is 1.52. The normalized spacial score (nSPS) is 28.2. The van der Waals surface area contributed by atoms with Crippen molar-refractivity contribution in [3.8, 4) is 0 Å². The number of piperidine rings is 1. The zero-order chi connectivity index (χ0) is 22.4. The van der Waals surface area contributed by atoms with Gasteiger partial charge in [-0.1, -0.05) is 12.2 Å². The third-order valence-corrected chi connectivity index (χ3v) is 9.37. The largest absolute Gasteiger partial charge is 0.379 e. The zero-order valence-electron chi connectivity index (χ0n) is 19.3. The summed E-state index contributed by atoms with van der Waals surface area (Å²) < 4.78 is 5.49. The van der Waals surface area contributed by atoms with E-state index in [1.807, 2.05) is 4.90 Å². The smallest absolute Gasteiger partial charge is 0.264 e. The number of anilines is 1. The van der Waals surface area contributed by atoms with Gasteiger partial charge in [-0.05, 0) is 55.9 Å². The van der Waals surface area contributed by atoms with Crippen LogP contribution < -0.4 is 5.32 Å². The number of thiophene rings is 1. The van der Waals surface area contributed by atoms with Crippen LogP contribution in [0.15, 0.2) is 18.5 Å². The highest BCUT2D eigenvalue weighted by Gasteiger charge is 2.35. The number of nitrogens with zero attached hydrogens (tertiary/aromatic N) is 4. The first-order chi connectivity index (χ1) is 16.2. The van der Waals surface area contributed by atoms with Gasteiger partial charge in [-0.3, -0.25) is 9.69 Å². The highest BCUT2D eigenvalue weighted by atomic mass is 32.1. The molecule has 2 saturated heterocycles. The van der Waals surface area contributed by atoms with Crippen molar-refractivity contribution in [1.82, 2.24) is 19.8 Å². The third-order valence-electron chi connectivity index (χ3n) is 8.18. The average Bonchev–Trinajstić information content (AvgIpc) is 3.58. The van der Waals surface area contributed by atoms with E-state index < -0.39 is 0 Å². The Morgan fingerprint density at radius 2 is 1.97 bits per heavy atom. The predicted octanol–water partition coefficient (Wildman–Crippen LogP) is 3.56. The van der Waals surface area contributed by atoms with Crippen LogP contribution in [0.4, 0.5) is 5.82 Å². The molecule has 0 spiro atoms. The average molecular weight is 468 g/mol. The van der Waals surface area contributed by atoms with Crippen LogP contribution in [0.25, 0.3) is 10.2 Å². The first-order valence-corrected chi connectivity index (χ1v) is 13.3. The van der Waals surface area contributed by atoms with Gasteiger partial charge in [-0.2, -0.15) is 0 Å². The lowest BCUT2D eigenvalue weighted by atomic mass is 9.93. The van der Waals surface area contributed by atoms with Crippen LogP contribution in [0.5, 0.6) is 0 Å². The second-order valence-corrected chi connectivity index (χ2v) is 11.1. The predicted molar refractivity (Wildman–Crippen MR) is 131 cm³/mol. The Kier molecular flexibility index (Phi) is 5.84. The highest BCUT2D eigenvalue weighted by molar-refractivity contribution is 7.20. The standard InChI is InChI=1S/C25H33N5O2S/c1-16-21-23(26-14-19-13-17-2-3-18(19)12-17)27-15-28-24(21)33-22(16)25(31)30-6-4-20(5-7-30)29-8-10-32-11-9-29/h2-3,15,17-20H,4-14H2,1H3,(H,26,27,28)/t17-,18+,19-/m1/s1. The molecule has 8 heteroatoms. The number of aryl methyl sites for hydroxylation is 1. The van der Waals surface area contributed by atoms with Crippen molar-refractivity contribution < 1.29 is 9.53 Å². The second kappa shape index (κ2) is 8.96. The van der Waals surface area contributed by atoms with E-state index in [9.17, 15) is 4.79 Å². The van der Waals surface area contributed by atoms with Gasteiger partial charge >= 0.3 is 0 Å². The van der Waals surface area contributed by atoms with Crippen molar-refractivity contribution in [1.29, 1.82) is 0 Å². The van der Waals surface area contributed by atoms with Gasteiger partial charge < -0.3 is 15.0 Å². The lowest BCUT2D eigenvalue weighted by molar-refractivity contribution is 0.00163. The van der Waals surface area contributed by atoms with Crippen LogP contribution in [0.3, 0.4) is 0 Å². The highest BCUT2D eigenvalue weighted by Crippen LogP contribution is 2.43. The van der Waals surface area contributed by atoms with E-state index in [0.29, 0.717) is 17.9 Å². The van der Waals surface area contributed by atoms with Crippen molar-refractivity contribution in [3.63, 3.8) is 0 Å². The Labute approximate surface area is 199 Å². The molecule has 4 aliphatic rings. The summed E-state index contributed by atoms with van der Waals surface area (Å²) in [5, 5.41) is 4.63. The van der Waals surface area contributed by atoms with E-state index in [4.69, 9.17) is 4.74 Å². The molecule has 4 heterocycles. The maximum atomic E-state index is 13.5. The van der Waals surface area contributed by atoms with E-state index in [-0.39, 0.29) is 5.91 Å². The first kappa shape index (κ1) is 21.5. The fourth-order valence-corrected chi connectivity index (χ4v) is 7.40. The summed E-state index contributed by atoms with van der Waals surface area (Å²) in [6, 6.07) is 0.573. The first-order valence-electron chi connectivity index (χ1n) is 12.4. The molecule has 1 amide bonds. The number of hydrogen-bond donors (Lipinski definition) is 1. The number of aromatic nitrogens is 2. The number of allylic oxidation sites excluding steroid dienone is 2. The van der Waals surface area contributed by atoms with Crippen LogP contribution in [0.1, 0.15) is 40.9 Å². The molecule has 1 N–H and O–H groups in total. The molecular weight excluding hydrogens is 434 g/mol. The number of nitrogens with one attached hydrogen (secondary N) is 1. The van der Waals surface area contributed by atoms with Crippen molar-refractivity contribution in [3.05, 3.63) is 28.9 Å². The van der Waals surface area contributed by atoms with E-state index in [1.54, 1.807) is 6.33 Å². The van der Waals surface area contributed by atoms with Crippen molar-refractivity contribution in [2.75, 3.05) is 51.3 Å². The fourth-order valence-electron chi connectivity index (χ4n) is 6.29. The number of amides is 1. The Balaban J connectivity index is 1.15. The molecule has 0 radical (unpaired) electrons. The molecule has 3 fully saturated rings. The molecule has 6 rings (SSSR count). The number of rotatable bonds is 5. The minimum Gasteiger partial charge on any atom is -0.379 e. The second-order valence-electron chi connectivity index (χ2n) is 10.1. The molecule has 7 nitrogen and oxygen atoms in total. The van der Waals surface area contributed by atoms with Crippen LogP contribution in [0, 0.1) is 24.7 Å². The summed E-state index contributed by atoms with van der Waals surface area (Å²) in [7, 11) is 0. The van der Waals surface area contributed by atoms with E-state index >= 15 is 0 Å². The quantitative estimate of drug-likeness (QED) is 0.678. The van der Waals surface area contributed by atoms with Gasteiger partial charge in [0.1, 0.15) is 17.0 Å². The Morgan fingerprint density at radius 3 is 2.70 bits per heavy atom. The van der Waals surface area contributed by atoms with Gasteiger partial charge in [-0.25, -0.2) is 9.97 Å². The number of fused-ring (bicyclic) bond motifs is 3. The van der Waals surface area contributed by atoms with Crippen molar-refractivity contribution >= 4 is 33.3 Å². The van der Waals surface area contributed by atoms with E-state index in [2.05, 4.69) is 39.3 Å². The van der Waals surface area contributed by atoms with Crippen LogP contribution >= 0.6 is 11.3 Å². The van der Waals surface area contributed by atoms with E-state index in [1.165, 1.54) is 24.2 Å². The van der Waals surface area contributed by atoms with Gasteiger partial charge in [0.2, 0.25) is 0 Å². The number of hydrogen-bond acceptors (Lipinski definition) is 7. The van der Waals surface area contributed by atoms with Crippen molar-refractivity contribution in [2.24, 2.45) is 17.8 Å². The molecule has 3 atom stereocenters. The summed E-state index contributed by atoms with van der Waals surface area (Å²) in [4.78, 5) is 28.8. The summed E-state index contributed by atoms with van der Waals surface area (Å²) in [5.41, 5.74) is 1.02. The van der Waals surface area contributed by atoms with Gasteiger partial charge in [0.05, 0.1) is 23.5 Å². The Hall–Kier alpha value is -2.03. The van der Waals surface area contributed by atoms with Crippen LogP contribution in [0.2, 0.25) is 0 Å². The summed E-state index contributed by atoms with van der Waals surface area (Å²) in [5.74, 6) is 3.19. The molecular formula is C25H33N5O2S. The topological polar surface area (TPSA) is 70.6 Å². The molecule has 0 aromatic carbocycles. The minimum absolute atomic E-state index is 0.153. The zero-order valence-corrected chi connectivity index (χ0v) is 20.1. The lowest BCUT2D eigenvalue weighted by Crippen LogP contribution is -2.50. The number of likely N-dealkylation sites (tertiary alicyclic amines) is 1. The number of ether oxygens (including phenoxy) is 1.